The summed E-state index contributed by atoms with van der Waals surface area (Å²) in [5.41, 5.74) is 4.19. The molecule has 0 aliphatic carbocycles. The van der Waals surface area contributed by atoms with Gasteiger partial charge in [0, 0.05) is 11.8 Å². The van der Waals surface area contributed by atoms with E-state index in [9.17, 15) is 9.90 Å². The zero-order valence-electron chi connectivity index (χ0n) is 21.0. The van der Waals surface area contributed by atoms with E-state index in [0.717, 1.165) is 36.1 Å². The van der Waals surface area contributed by atoms with Crippen molar-refractivity contribution >= 4 is 5.97 Å². The third-order valence-electron chi connectivity index (χ3n) is 6.65. The lowest BCUT2D eigenvalue weighted by Crippen LogP contribution is -2.11. The van der Waals surface area contributed by atoms with Crippen molar-refractivity contribution in [3.05, 3.63) is 53.7 Å². The summed E-state index contributed by atoms with van der Waals surface area (Å²) in [6, 6.07) is 12.3. The molecule has 0 fully saturated rings. The minimum absolute atomic E-state index is 0.414. The minimum atomic E-state index is -0.717. The number of carboxylic acid groups (broad SMARTS) is 1. The number of rotatable bonds is 18. The van der Waals surface area contributed by atoms with Gasteiger partial charge in [0.1, 0.15) is 0 Å². The van der Waals surface area contributed by atoms with Crippen molar-refractivity contribution in [3.63, 3.8) is 0 Å². The predicted molar refractivity (Wildman–Crippen MR) is 140 cm³/mol. The highest BCUT2D eigenvalue weighted by atomic mass is 16.4. The van der Waals surface area contributed by atoms with Crippen LogP contribution in [0.1, 0.15) is 121 Å². The molecule has 2 rings (SSSR count). The summed E-state index contributed by atoms with van der Waals surface area (Å²) in [5, 5.41) is 9.74. The van der Waals surface area contributed by atoms with Crippen LogP contribution in [0, 0.1) is 0 Å². The standard InChI is InChI=1S/C30H45NO2/c1-3-5-7-9-11-13-15-17-28(30(32)33)26-19-21-27(22-20-26)29-23-18-25(24-31-29)16-14-12-10-8-6-4-2/h18-24,28H,3-17H2,1-2H3,(H,32,33). The molecule has 3 nitrogen and oxygen atoms in total. The number of carbonyl (C=O) groups is 1. The molecular formula is C30H45NO2. The summed E-state index contributed by atoms with van der Waals surface area (Å²) in [4.78, 5) is 16.5. The summed E-state index contributed by atoms with van der Waals surface area (Å²) < 4.78 is 0. The van der Waals surface area contributed by atoms with E-state index < -0.39 is 11.9 Å². The Morgan fingerprint density at radius 1 is 0.758 bits per heavy atom. The van der Waals surface area contributed by atoms with Crippen LogP contribution in [0.5, 0.6) is 0 Å². The SMILES string of the molecule is CCCCCCCCCC(C(=O)O)c1ccc(-c2ccc(CCCCCCCC)cn2)cc1. The zero-order chi connectivity index (χ0) is 23.7. The van der Waals surface area contributed by atoms with Gasteiger partial charge in [-0.05, 0) is 36.5 Å². The van der Waals surface area contributed by atoms with Gasteiger partial charge >= 0.3 is 5.97 Å². The van der Waals surface area contributed by atoms with Crippen LogP contribution in [0.15, 0.2) is 42.6 Å². The van der Waals surface area contributed by atoms with Crippen molar-refractivity contribution in [2.24, 2.45) is 0 Å². The number of unbranched alkanes of at least 4 members (excludes halogenated alkanes) is 11. The maximum absolute atomic E-state index is 11.8. The molecule has 33 heavy (non-hydrogen) atoms. The molecule has 1 aromatic heterocycles. The third-order valence-corrected chi connectivity index (χ3v) is 6.65. The van der Waals surface area contributed by atoms with Gasteiger partial charge in [0.05, 0.1) is 11.6 Å². The third kappa shape index (κ3) is 10.5. The van der Waals surface area contributed by atoms with Crippen molar-refractivity contribution in [1.29, 1.82) is 0 Å². The molecule has 0 aliphatic heterocycles. The summed E-state index contributed by atoms with van der Waals surface area (Å²) >= 11 is 0. The lowest BCUT2D eigenvalue weighted by atomic mass is 9.92. The van der Waals surface area contributed by atoms with Crippen LogP contribution in [0.3, 0.4) is 0 Å². The zero-order valence-corrected chi connectivity index (χ0v) is 21.0. The highest BCUT2D eigenvalue weighted by Crippen LogP contribution is 2.26. The molecule has 0 saturated heterocycles. The summed E-state index contributed by atoms with van der Waals surface area (Å²) in [6.07, 6.45) is 20.1. The molecule has 1 heterocycles. The maximum atomic E-state index is 11.8. The van der Waals surface area contributed by atoms with Gasteiger partial charge in [0.25, 0.3) is 0 Å². The number of benzene rings is 1. The van der Waals surface area contributed by atoms with Crippen molar-refractivity contribution in [1.82, 2.24) is 4.98 Å². The number of nitrogens with zero attached hydrogens (tertiary/aromatic N) is 1. The quantitative estimate of drug-likeness (QED) is 0.230. The van der Waals surface area contributed by atoms with E-state index in [2.05, 4.69) is 31.0 Å². The van der Waals surface area contributed by atoms with Crippen LogP contribution in [0.25, 0.3) is 11.3 Å². The van der Waals surface area contributed by atoms with E-state index in [1.165, 1.54) is 76.2 Å². The molecule has 0 amide bonds. The molecule has 2 aromatic rings. The molecule has 0 bridgehead atoms. The van der Waals surface area contributed by atoms with Gasteiger partial charge in [0.2, 0.25) is 0 Å². The monoisotopic (exact) mass is 451 g/mol. The summed E-state index contributed by atoms with van der Waals surface area (Å²) in [5.74, 6) is -1.13. The van der Waals surface area contributed by atoms with Crippen molar-refractivity contribution < 1.29 is 9.90 Å². The van der Waals surface area contributed by atoms with Crippen molar-refractivity contribution in [2.45, 2.75) is 116 Å². The number of carboxylic acids is 1. The normalized spacial score (nSPS) is 12.1. The van der Waals surface area contributed by atoms with Gasteiger partial charge in [0.15, 0.2) is 0 Å². The molecule has 0 spiro atoms. The fourth-order valence-corrected chi connectivity index (χ4v) is 4.48. The second-order valence-electron chi connectivity index (χ2n) is 9.49. The van der Waals surface area contributed by atoms with Crippen molar-refractivity contribution in [3.8, 4) is 11.3 Å². The molecule has 1 unspecified atom stereocenters. The smallest absolute Gasteiger partial charge is 0.310 e. The molecule has 0 saturated carbocycles. The molecule has 1 atom stereocenters. The molecule has 0 aliphatic rings. The van der Waals surface area contributed by atoms with E-state index in [1.54, 1.807) is 0 Å². The van der Waals surface area contributed by atoms with Gasteiger partial charge in [-0.2, -0.15) is 0 Å². The molecule has 182 valence electrons. The first-order chi connectivity index (χ1) is 16.2. The molecule has 3 heteroatoms. The minimum Gasteiger partial charge on any atom is -0.481 e. The van der Waals surface area contributed by atoms with E-state index in [4.69, 9.17) is 0 Å². The number of aryl methyl sites for hydroxylation is 1. The van der Waals surface area contributed by atoms with Crippen LogP contribution in [0.4, 0.5) is 0 Å². The van der Waals surface area contributed by atoms with Crippen LogP contribution in [-0.2, 0) is 11.2 Å². The van der Waals surface area contributed by atoms with Gasteiger partial charge < -0.3 is 5.11 Å². The van der Waals surface area contributed by atoms with Crippen LogP contribution in [0.2, 0.25) is 0 Å². The highest BCUT2D eigenvalue weighted by molar-refractivity contribution is 5.76. The van der Waals surface area contributed by atoms with Crippen LogP contribution < -0.4 is 0 Å². The molecular weight excluding hydrogens is 406 g/mol. The van der Waals surface area contributed by atoms with Gasteiger partial charge in [-0.1, -0.05) is 121 Å². The Bertz CT molecular complexity index is 767. The van der Waals surface area contributed by atoms with E-state index >= 15 is 0 Å². The average Bonchev–Trinajstić information content (AvgIpc) is 2.83. The fourth-order valence-electron chi connectivity index (χ4n) is 4.48. The topological polar surface area (TPSA) is 50.2 Å². The average molecular weight is 452 g/mol. The molecule has 1 aromatic carbocycles. The number of hydrogen-bond acceptors (Lipinski definition) is 2. The first kappa shape index (κ1) is 27.1. The molecule has 0 radical (unpaired) electrons. The summed E-state index contributed by atoms with van der Waals surface area (Å²) in [6.45, 7) is 4.48. The lowest BCUT2D eigenvalue weighted by molar-refractivity contribution is -0.139. The Morgan fingerprint density at radius 3 is 1.88 bits per heavy atom. The second kappa shape index (κ2) is 16.5. The maximum Gasteiger partial charge on any atom is 0.310 e. The Labute approximate surface area is 202 Å². The highest BCUT2D eigenvalue weighted by Gasteiger charge is 2.19. The van der Waals surface area contributed by atoms with Crippen LogP contribution >= 0.6 is 0 Å². The van der Waals surface area contributed by atoms with Crippen LogP contribution in [-0.4, -0.2) is 16.1 Å². The Balaban J connectivity index is 1.82. The number of pyridine rings is 1. The first-order valence-corrected chi connectivity index (χ1v) is 13.4. The predicted octanol–water partition coefficient (Wildman–Crippen LogP) is 8.96. The number of aromatic nitrogens is 1. The lowest BCUT2D eigenvalue weighted by Gasteiger charge is -2.13. The molecule has 1 N–H and O–H groups in total. The Morgan fingerprint density at radius 2 is 1.33 bits per heavy atom. The Hall–Kier alpha value is -2.16. The second-order valence-corrected chi connectivity index (χ2v) is 9.49. The first-order valence-electron chi connectivity index (χ1n) is 13.4. The van der Waals surface area contributed by atoms with Crippen molar-refractivity contribution in [2.75, 3.05) is 0 Å². The summed E-state index contributed by atoms with van der Waals surface area (Å²) in [7, 11) is 0. The van der Waals surface area contributed by atoms with Gasteiger partial charge in [-0.25, -0.2) is 0 Å². The number of hydrogen-bond donors (Lipinski definition) is 1. The van der Waals surface area contributed by atoms with E-state index in [1.807, 2.05) is 30.5 Å². The Kier molecular flexibility index (Phi) is 13.5. The fraction of sp³-hybridized carbons (Fsp3) is 0.600. The van der Waals surface area contributed by atoms with E-state index in [-0.39, 0.29) is 0 Å². The van der Waals surface area contributed by atoms with E-state index in [0.29, 0.717) is 6.42 Å². The van der Waals surface area contributed by atoms with Gasteiger partial charge in [-0.3, -0.25) is 9.78 Å². The van der Waals surface area contributed by atoms with Gasteiger partial charge in [-0.15, -0.1) is 0 Å². The largest absolute Gasteiger partial charge is 0.481 e. The number of aliphatic carboxylic acids is 1.